The van der Waals surface area contributed by atoms with E-state index in [9.17, 15) is 4.79 Å². The number of hydrogen-bond acceptors (Lipinski definition) is 3. The van der Waals surface area contributed by atoms with Gasteiger partial charge in [-0.15, -0.1) is 0 Å². The molecular weight excluding hydrogens is 240 g/mol. The summed E-state index contributed by atoms with van der Waals surface area (Å²) in [6, 6.07) is 8.03. The number of carboxylic acid groups (broad SMARTS) is 1. The quantitative estimate of drug-likeness (QED) is 0.796. The predicted molar refractivity (Wildman–Crippen MR) is 76.0 cm³/mol. The number of anilines is 1. The van der Waals surface area contributed by atoms with Gasteiger partial charge in [0.25, 0.3) is 0 Å². The highest BCUT2D eigenvalue weighted by molar-refractivity contribution is 5.67. The molecule has 4 heteroatoms. The third kappa shape index (κ3) is 4.56. The normalized spacial score (nSPS) is 17.5. The van der Waals surface area contributed by atoms with E-state index >= 15 is 0 Å². The van der Waals surface area contributed by atoms with Crippen LogP contribution in [0.15, 0.2) is 24.3 Å². The molecule has 1 aliphatic heterocycles. The number of aliphatic carboxylic acids is 1. The van der Waals surface area contributed by atoms with Gasteiger partial charge in [-0.25, -0.2) is 0 Å². The lowest BCUT2D eigenvalue weighted by Crippen LogP contribution is -2.35. The lowest BCUT2D eigenvalue weighted by atomic mass is 9.93. The molecule has 1 fully saturated rings. The molecule has 0 amide bonds. The first-order valence-corrected chi connectivity index (χ1v) is 6.92. The summed E-state index contributed by atoms with van der Waals surface area (Å²) in [4.78, 5) is 13.1. The van der Waals surface area contributed by atoms with Gasteiger partial charge in [0, 0.05) is 18.7 Å². The second-order valence-electron chi connectivity index (χ2n) is 5.37. The van der Waals surface area contributed by atoms with Crippen LogP contribution in [0, 0.1) is 5.92 Å². The van der Waals surface area contributed by atoms with Gasteiger partial charge in [0.2, 0.25) is 0 Å². The molecule has 3 N–H and O–H groups in total. The fraction of sp³-hybridized carbons (Fsp3) is 0.533. The van der Waals surface area contributed by atoms with E-state index in [1.165, 1.54) is 5.56 Å². The van der Waals surface area contributed by atoms with Crippen LogP contribution in [-0.4, -0.2) is 35.6 Å². The first kappa shape index (κ1) is 13.9. The summed E-state index contributed by atoms with van der Waals surface area (Å²) in [7, 11) is 0. The van der Waals surface area contributed by atoms with Gasteiger partial charge >= 0.3 is 5.97 Å². The maximum Gasteiger partial charge on any atom is 0.303 e. The van der Waals surface area contributed by atoms with Crippen molar-refractivity contribution in [1.82, 2.24) is 4.90 Å². The Labute approximate surface area is 114 Å². The van der Waals surface area contributed by atoms with Crippen molar-refractivity contribution >= 4 is 11.7 Å². The molecule has 19 heavy (non-hydrogen) atoms. The Hall–Kier alpha value is -1.55. The van der Waals surface area contributed by atoms with Crippen molar-refractivity contribution in [3.8, 4) is 0 Å². The van der Waals surface area contributed by atoms with E-state index in [0.717, 1.165) is 44.6 Å². The van der Waals surface area contributed by atoms with E-state index in [-0.39, 0.29) is 0 Å². The number of piperidine rings is 1. The lowest BCUT2D eigenvalue weighted by Gasteiger charge is -2.31. The minimum absolute atomic E-state index is 0.325. The molecule has 0 atom stereocenters. The van der Waals surface area contributed by atoms with Crippen molar-refractivity contribution in [2.75, 3.05) is 25.4 Å². The average molecular weight is 262 g/mol. The van der Waals surface area contributed by atoms with Gasteiger partial charge < -0.3 is 15.7 Å². The summed E-state index contributed by atoms with van der Waals surface area (Å²) in [6.07, 6.45) is 3.37. The van der Waals surface area contributed by atoms with Crippen LogP contribution in [-0.2, 0) is 11.2 Å². The molecule has 0 bridgehead atoms. The first-order valence-electron chi connectivity index (χ1n) is 6.92. The molecule has 1 aliphatic rings. The fourth-order valence-corrected chi connectivity index (χ4v) is 2.63. The van der Waals surface area contributed by atoms with Crippen molar-refractivity contribution in [1.29, 1.82) is 0 Å². The summed E-state index contributed by atoms with van der Waals surface area (Å²) in [5, 5.41) is 8.78. The predicted octanol–water partition coefficient (Wildman–Crippen LogP) is 2.00. The fourth-order valence-electron chi connectivity index (χ4n) is 2.63. The highest BCUT2D eigenvalue weighted by Crippen LogP contribution is 2.20. The summed E-state index contributed by atoms with van der Waals surface area (Å²) >= 11 is 0. The SMILES string of the molecule is Nc1ccc(CCN2CCC(CC(=O)O)CC2)cc1. The Morgan fingerprint density at radius 3 is 2.47 bits per heavy atom. The maximum absolute atomic E-state index is 10.7. The number of nitrogen functional groups attached to an aromatic ring is 1. The molecule has 0 radical (unpaired) electrons. The van der Waals surface area contributed by atoms with Crippen LogP contribution >= 0.6 is 0 Å². The number of rotatable bonds is 5. The molecule has 1 saturated heterocycles. The average Bonchev–Trinajstić information content (AvgIpc) is 2.39. The van der Waals surface area contributed by atoms with Gasteiger partial charge in [-0.05, 0) is 56.0 Å². The molecule has 0 aromatic heterocycles. The van der Waals surface area contributed by atoms with E-state index in [2.05, 4.69) is 17.0 Å². The standard InChI is InChI=1S/C15H22N2O2/c16-14-3-1-12(2-4-14)5-8-17-9-6-13(7-10-17)11-15(18)19/h1-4,13H,5-11,16H2,(H,18,19). The largest absolute Gasteiger partial charge is 0.481 e. The number of nitrogens with zero attached hydrogens (tertiary/aromatic N) is 1. The van der Waals surface area contributed by atoms with Gasteiger partial charge in [-0.1, -0.05) is 12.1 Å². The van der Waals surface area contributed by atoms with Crippen LogP contribution in [0.4, 0.5) is 5.69 Å². The van der Waals surface area contributed by atoms with Crippen molar-refractivity contribution in [3.63, 3.8) is 0 Å². The van der Waals surface area contributed by atoms with Crippen molar-refractivity contribution < 1.29 is 9.90 Å². The molecule has 4 nitrogen and oxygen atoms in total. The minimum atomic E-state index is -0.666. The molecule has 104 valence electrons. The number of carbonyl (C=O) groups is 1. The molecule has 1 aromatic rings. The summed E-state index contributed by atoms with van der Waals surface area (Å²) in [5.41, 5.74) is 7.77. The number of likely N-dealkylation sites (tertiary alicyclic amines) is 1. The maximum atomic E-state index is 10.7. The second-order valence-corrected chi connectivity index (χ2v) is 5.37. The Morgan fingerprint density at radius 1 is 1.26 bits per heavy atom. The topological polar surface area (TPSA) is 66.6 Å². The zero-order chi connectivity index (χ0) is 13.7. The zero-order valence-corrected chi connectivity index (χ0v) is 11.2. The highest BCUT2D eigenvalue weighted by atomic mass is 16.4. The smallest absolute Gasteiger partial charge is 0.303 e. The molecular formula is C15H22N2O2. The van der Waals surface area contributed by atoms with E-state index in [1.54, 1.807) is 0 Å². The van der Waals surface area contributed by atoms with Gasteiger partial charge in [0.15, 0.2) is 0 Å². The Bertz CT molecular complexity index is 409. The number of nitrogens with two attached hydrogens (primary N) is 1. The lowest BCUT2D eigenvalue weighted by molar-refractivity contribution is -0.138. The van der Waals surface area contributed by atoms with Crippen LogP contribution in [0.1, 0.15) is 24.8 Å². The molecule has 0 unspecified atom stereocenters. The van der Waals surface area contributed by atoms with Crippen molar-refractivity contribution in [2.45, 2.75) is 25.7 Å². The van der Waals surface area contributed by atoms with Crippen molar-refractivity contribution in [2.24, 2.45) is 5.92 Å². The number of hydrogen-bond donors (Lipinski definition) is 2. The van der Waals surface area contributed by atoms with Gasteiger partial charge in [-0.3, -0.25) is 4.79 Å². The third-order valence-corrected chi connectivity index (χ3v) is 3.87. The van der Waals surface area contributed by atoms with E-state index in [0.29, 0.717) is 12.3 Å². The third-order valence-electron chi connectivity index (χ3n) is 3.87. The molecule has 0 spiro atoms. The first-order chi connectivity index (χ1) is 9.13. The van der Waals surface area contributed by atoms with Crippen LogP contribution in [0.25, 0.3) is 0 Å². The second kappa shape index (κ2) is 6.57. The summed E-state index contributed by atoms with van der Waals surface area (Å²) < 4.78 is 0. The zero-order valence-electron chi connectivity index (χ0n) is 11.2. The summed E-state index contributed by atoms with van der Waals surface area (Å²) in [5.74, 6) is -0.300. The van der Waals surface area contributed by atoms with Gasteiger partial charge in [0.1, 0.15) is 0 Å². The van der Waals surface area contributed by atoms with Gasteiger partial charge in [-0.2, -0.15) is 0 Å². The van der Waals surface area contributed by atoms with Crippen molar-refractivity contribution in [3.05, 3.63) is 29.8 Å². The molecule has 1 heterocycles. The van der Waals surface area contributed by atoms with Crippen LogP contribution in [0.5, 0.6) is 0 Å². The number of benzene rings is 1. The molecule has 2 rings (SSSR count). The van der Waals surface area contributed by atoms with Crippen LogP contribution < -0.4 is 5.73 Å². The van der Waals surface area contributed by atoms with Crippen LogP contribution in [0.2, 0.25) is 0 Å². The highest BCUT2D eigenvalue weighted by Gasteiger charge is 2.20. The van der Waals surface area contributed by atoms with E-state index < -0.39 is 5.97 Å². The Balaban J connectivity index is 1.71. The molecule has 1 aromatic carbocycles. The van der Waals surface area contributed by atoms with E-state index in [4.69, 9.17) is 10.8 Å². The Kier molecular flexibility index (Phi) is 4.80. The Morgan fingerprint density at radius 2 is 1.89 bits per heavy atom. The molecule has 0 saturated carbocycles. The van der Waals surface area contributed by atoms with Crippen LogP contribution in [0.3, 0.4) is 0 Å². The minimum Gasteiger partial charge on any atom is -0.481 e. The number of carboxylic acids is 1. The van der Waals surface area contributed by atoms with Gasteiger partial charge in [0.05, 0.1) is 0 Å². The monoisotopic (exact) mass is 262 g/mol. The summed E-state index contributed by atoms with van der Waals surface area (Å²) in [6.45, 7) is 3.09. The molecule has 0 aliphatic carbocycles. The van der Waals surface area contributed by atoms with E-state index in [1.807, 2.05) is 12.1 Å².